The SMILES string of the molecule is CCn1cc(Br)cc1C(=O)N1CCN(C2CNC2)CC1. The fourth-order valence-corrected chi connectivity index (χ4v) is 3.36. The highest BCUT2D eigenvalue weighted by Gasteiger charge is 2.30. The number of piperazine rings is 1. The largest absolute Gasteiger partial charge is 0.343 e. The molecule has 1 aromatic rings. The van der Waals surface area contributed by atoms with E-state index in [1.165, 1.54) is 0 Å². The van der Waals surface area contributed by atoms with E-state index in [0.717, 1.165) is 56.0 Å². The van der Waals surface area contributed by atoms with Crippen molar-refractivity contribution in [1.82, 2.24) is 19.7 Å². The van der Waals surface area contributed by atoms with Gasteiger partial charge in [-0.15, -0.1) is 0 Å². The van der Waals surface area contributed by atoms with E-state index in [9.17, 15) is 4.79 Å². The van der Waals surface area contributed by atoms with Crippen molar-refractivity contribution in [3.8, 4) is 0 Å². The summed E-state index contributed by atoms with van der Waals surface area (Å²) in [6.07, 6.45) is 1.98. The molecule has 0 bridgehead atoms. The number of halogens is 1. The average Bonchev–Trinajstić information content (AvgIpc) is 2.78. The van der Waals surface area contributed by atoms with Gasteiger partial charge < -0.3 is 14.8 Å². The molecule has 110 valence electrons. The summed E-state index contributed by atoms with van der Waals surface area (Å²) in [5.41, 5.74) is 0.790. The molecule has 0 aromatic carbocycles. The monoisotopic (exact) mass is 340 g/mol. The van der Waals surface area contributed by atoms with Crippen LogP contribution in [-0.4, -0.2) is 65.6 Å². The molecule has 5 nitrogen and oxygen atoms in total. The molecule has 0 atom stereocenters. The molecule has 0 aliphatic carbocycles. The third-order valence-corrected chi connectivity index (χ3v) is 4.73. The van der Waals surface area contributed by atoms with Crippen LogP contribution in [-0.2, 0) is 6.54 Å². The van der Waals surface area contributed by atoms with Crippen LogP contribution in [0.1, 0.15) is 17.4 Å². The van der Waals surface area contributed by atoms with Crippen LogP contribution in [0.4, 0.5) is 0 Å². The van der Waals surface area contributed by atoms with Gasteiger partial charge in [0.25, 0.3) is 5.91 Å². The molecule has 3 heterocycles. The van der Waals surface area contributed by atoms with Gasteiger partial charge in [-0.3, -0.25) is 9.69 Å². The summed E-state index contributed by atoms with van der Waals surface area (Å²) in [7, 11) is 0. The van der Waals surface area contributed by atoms with Gasteiger partial charge in [0.15, 0.2) is 0 Å². The Labute approximate surface area is 128 Å². The molecular weight excluding hydrogens is 320 g/mol. The first-order chi connectivity index (χ1) is 9.69. The van der Waals surface area contributed by atoms with Gasteiger partial charge in [-0.2, -0.15) is 0 Å². The smallest absolute Gasteiger partial charge is 0.270 e. The highest BCUT2D eigenvalue weighted by atomic mass is 79.9. The molecule has 2 aliphatic heterocycles. The molecule has 2 aliphatic rings. The highest BCUT2D eigenvalue weighted by molar-refractivity contribution is 9.10. The molecule has 0 radical (unpaired) electrons. The predicted molar refractivity (Wildman–Crippen MR) is 81.9 cm³/mol. The molecular formula is C14H21BrN4O. The topological polar surface area (TPSA) is 40.5 Å². The number of aromatic nitrogens is 1. The van der Waals surface area contributed by atoms with Gasteiger partial charge in [0.2, 0.25) is 0 Å². The molecule has 0 spiro atoms. The van der Waals surface area contributed by atoms with Crippen LogP contribution >= 0.6 is 15.9 Å². The van der Waals surface area contributed by atoms with Crippen LogP contribution in [0.3, 0.4) is 0 Å². The minimum atomic E-state index is 0.156. The maximum absolute atomic E-state index is 12.6. The minimum Gasteiger partial charge on any atom is -0.343 e. The Kier molecular flexibility index (Phi) is 4.14. The first-order valence-corrected chi connectivity index (χ1v) is 8.08. The quantitative estimate of drug-likeness (QED) is 0.892. The molecule has 2 fully saturated rings. The average molecular weight is 341 g/mol. The van der Waals surface area contributed by atoms with Gasteiger partial charge in [0.1, 0.15) is 5.69 Å². The van der Waals surface area contributed by atoms with Crippen LogP contribution in [0.5, 0.6) is 0 Å². The molecule has 1 aromatic heterocycles. The second-order valence-electron chi connectivity index (χ2n) is 5.47. The van der Waals surface area contributed by atoms with Crippen molar-refractivity contribution in [1.29, 1.82) is 0 Å². The summed E-state index contributed by atoms with van der Waals surface area (Å²) in [5, 5.41) is 3.31. The van der Waals surface area contributed by atoms with Crippen LogP contribution in [0.25, 0.3) is 0 Å². The van der Waals surface area contributed by atoms with E-state index in [-0.39, 0.29) is 5.91 Å². The van der Waals surface area contributed by atoms with E-state index in [4.69, 9.17) is 0 Å². The van der Waals surface area contributed by atoms with E-state index in [1.807, 2.05) is 21.7 Å². The van der Waals surface area contributed by atoms with Gasteiger partial charge >= 0.3 is 0 Å². The van der Waals surface area contributed by atoms with Crippen molar-refractivity contribution in [3.63, 3.8) is 0 Å². The maximum Gasteiger partial charge on any atom is 0.270 e. The zero-order chi connectivity index (χ0) is 14.1. The van der Waals surface area contributed by atoms with E-state index in [1.54, 1.807) is 0 Å². The molecule has 2 saturated heterocycles. The van der Waals surface area contributed by atoms with Gasteiger partial charge in [-0.05, 0) is 28.9 Å². The second kappa shape index (κ2) is 5.87. The lowest BCUT2D eigenvalue weighted by Gasteiger charge is -2.43. The molecule has 0 unspecified atom stereocenters. The van der Waals surface area contributed by atoms with E-state index >= 15 is 0 Å². The van der Waals surface area contributed by atoms with Crippen LogP contribution in [0, 0.1) is 0 Å². The number of nitrogens with zero attached hydrogens (tertiary/aromatic N) is 3. The lowest BCUT2D eigenvalue weighted by molar-refractivity contribution is 0.0493. The number of carbonyl (C=O) groups is 1. The van der Waals surface area contributed by atoms with Gasteiger partial charge in [0.05, 0.1) is 0 Å². The summed E-state index contributed by atoms with van der Waals surface area (Å²) < 4.78 is 2.98. The lowest BCUT2D eigenvalue weighted by Crippen LogP contribution is -2.62. The zero-order valence-electron chi connectivity index (χ0n) is 11.8. The van der Waals surface area contributed by atoms with E-state index < -0.39 is 0 Å². The van der Waals surface area contributed by atoms with Crippen molar-refractivity contribution in [2.75, 3.05) is 39.3 Å². The third-order valence-electron chi connectivity index (χ3n) is 4.30. The molecule has 20 heavy (non-hydrogen) atoms. The minimum absolute atomic E-state index is 0.156. The Morgan fingerprint density at radius 3 is 2.60 bits per heavy atom. The van der Waals surface area contributed by atoms with Gasteiger partial charge in [0, 0.05) is 62.5 Å². The number of carbonyl (C=O) groups excluding carboxylic acids is 1. The fraction of sp³-hybridized carbons (Fsp3) is 0.643. The Bertz CT molecular complexity index is 489. The van der Waals surface area contributed by atoms with E-state index in [0.29, 0.717) is 6.04 Å². The van der Waals surface area contributed by atoms with Crippen molar-refractivity contribution >= 4 is 21.8 Å². The maximum atomic E-state index is 12.6. The lowest BCUT2D eigenvalue weighted by atomic mass is 10.1. The molecule has 6 heteroatoms. The van der Waals surface area contributed by atoms with E-state index in [2.05, 4.69) is 33.1 Å². The van der Waals surface area contributed by atoms with Crippen molar-refractivity contribution in [3.05, 3.63) is 22.4 Å². The Morgan fingerprint density at radius 2 is 2.05 bits per heavy atom. The first-order valence-electron chi connectivity index (χ1n) is 7.28. The third kappa shape index (κ3) is 2.64. The first kappa shape index (κ1) is 14.1. The molecule has 1 amide bonds. The molecule has 0 saturated carbocycles. The van der Waals surface area contributed by atoms with Crippen molar-refractivity contribution < 1.29 is 4.79 Å². The Hall–Kier alpha value is -0.850. The normalized spacial score (nSPS) is 21.0. The van der Waals surface area contributed by atoms with Crippen LogP contribution in [0.2, 0.25) is 0 Å². The summed E-state index contributed by atoms with van der Waals surface area (Å²) in [4.78, 5) is 17.1. The standard InChI is InChI=1S/C14H21BrN4O/c1-2-17-10-11(15)7-13(17)14(20)19-5-3-18(4-6-19)12-8-16-9-12/h7,10,12,16H,2-6,8-9H2,1H3. The number of nitrogens with one attached hydrogen (secondary N) is 1. The summed E-state index contributed by atoms with van der Waals surface area (Å²) in [6, 6.07) is 2.61. The molecule has 1 N–H and O–H groups in total. The predicted octanol–water partition coefficient (Wildman–Crippen LogP) is 1.00. The Balaban J connectivity index is 1.63. The summed E-state index contributed by atoms with van der Waals surface area (Å²) in [5.74, 6) is 0.156. The summed E-state index contributed by atoms with van der Waals surface area (Å²) in [6.45, 7) is 8.73. The Morgan fingerprint density at radius 1 is 1.35 bits per heavy atom. The second-order valence-corrected chi connectivity index (χ2v) is 6.39. The highest BCUT2D eigenvalue weighted by Crippen LogP contribution is 2.18. The summed E-state index contributed by atoms with van der Waals surface area (Å²) >= 11 is 3.45. The van der Waals surface area contributed by atoms with Crippen molar-refractivity contribution in [2.45, 2.75) is 19.5 Å². The number of amides is 1. The number of aryl methyl sites for hydroxylation is 1. The number of rotatable bonds is 3. The van der Waals surface area contributed by atoms with Crippen LogP contribution < -0.4 is 5.32 Å². The zero-order valence-corrected chi connectivity index (χ0v) is 13.4. The molecule has 3 rings (SSSR count). The fourth-order valence-electron chi connectivity index (χ4n) is 2.90. The van der Waals surface area contributed by atoms with Crippen molar-refractivity contribution in [2.24, 2.45) is 0 Å². The number of hydrogen-bond donors (Lipinski definition) is 1. The van der Waals surface area contributed by atoms with Gasteiger partial charge in [-0.25, -0.2) is 0 Å². The van der Waals surface area contributed by atoms with Gasteiger partial charge in [-0.1, -0.05) is 0 Å². The van der Waals surface area contributed by atoms with Crippen LogP contribution in [0.15, 0.2) is 16.7 Å². The number of hydrogen-bond acceptors (Lipinski definition) is 3.